The van der Waals surface area contributed by atoms with Crippen LogP contribution in [-0.2, 0) is 0 Å². The number of halogens is 1. The van der Waals surface area contributed by atoms with E-state index < -0.39 is 0 Å². The summed E-state index contributed by atoms with van der Waals surface area (Å²) in [5.74, 6) is 0.790. The summed E-state index contributed by atoms with van der Waals surface area (Å²) in [4.78, 5) is 8.26. The quantitative estimate of drug-likeness (QED) is 0.180. The average Bonchev–Trinajstić information content (AvgIpc) is 3.06. The summed E-state index contributed by atoms with van der Waals surface area (Å²) >= 11 is 0. The second-order valence-electron chi connectivity index (χ2n) is 7.47. The topological polar surface area (TPSA) is 68.7 Å². The average molecular weight is 450 g/mol. The Morgan fingerprint density at radius 2 is 1.75 bits per heavy atom. The van der Waals surface area contributed by atoms with Crippen molar-refractivity contribution in [3.8, 4) is 0 Å². The highest BCUT2D eigenvalue weighted by Gasteiger charge is 2.23. The Morgan fingerprint density at radius 3 is 2.38 bits per heavy atom. The molecular formula is C17H35IN6. The monoisotopic (exact) mass is 450 g/mol. The SMILES string of the molecule is CN(CCCC[N+]1(C)CCCCC1)C(N)=NC(=N)N1CCCC1.[I-]. The fourth-order valence-corrected chi connectivity index (χ4v) is 3.65. The van der Waals surface area contributed by atoms with Gasteiger partial charge in [0.15, 0.2) is 5.96 Å². The van der Waals surface area contributed by atoms with Crippen LogP contribution in [0.15, 0.2) is 4.99 Å². The predicted octanol–water partition coefficient (Wildman–Crippen LogP) is -1.32. The highest BCUT2D eigenvalue weighted by molar-refractivity contribution is 5.92. The number of quaternary nitrogens is 1. The summed E-state index contributed by atoms with van der Waals surface area (Å²) in [6, 6.07) is 0. The van der Waals surface area contributed by atoms with Crippen LogP contribution in [0.25, 0.3) is 0 Å². The molecule has 0 saturated carbocycles. The zero-order valence-electron chi connectivity index (χ0n) is 15.4. The molecule has 2 fully saturated rings. The van der Waals surface area contributed by atoms with Crippen LogP contribution >= 0.6 is 0 Å². The number of rotatable bonds is 5. The fraction of sp³-hybridized carbons (Fsp3) is 0.882. The molecule has 0 aromatic rings. The van der Waals surface area contributed by atoms with Crippen molar-refractivity contribution in [2.75, 3.05) is 53.4 Å². The fourth-order valence-electron chi connectivity index (χ4n) is 3.65. The number of hydrogen-bond donors (Lipinski definition) is 2. The lowest BCUT2D eigenvalue weighted by molar-refractivity contribution is -0.914. The lowest BCUT2D eigenvalue weighted by atomic mass is 10.1. The highest BCUT2D eigenvalue weighted by Crippen LogP contribution is 2.17. The molecule has 0 aromatic carbocycles. The molecule has 0 amide bonds. The Hall–Kier alpha value is -0.570. The van der Waals surface area contributed by atoms with E-state index in [1.165, 1.54) is 49.8 Å². The number of unbranched alkanes of at least 4 members (excludes halogenated alkanes) is 1. The minimum Gasteiger partial charge on any atom is -1.00 e. The summed E-state index contributed by atoms with van der Waals surface area (Å²) in [7, 11) is 4.38. The van der Waals surface area contributed by atoms with Crippen LogP contribution in [0, 0.1) is 5.41 Å². The van der Waals surface area contributed by atoms with Gasteiger partial charge >= 0.3 is 0 Å². The first-order valence-corrected chi connectivity index (χ1v) is 9.22. The highest BCUT2D eigenvalue weighted by atomic mass is 127. The van der Waals surface area contributed by atoms with Gasteiger partial charge < -0.3 is 44.0 Å². The van der Waals surface area contributed by atoms with Crippen LogP contribution in [-0.4, -0.2) is 79.6 Å². The van der Waals surface area contributed by atoms with Gasteiger partial charge in [0.05, 0.1) is 26.7 Å². The molecule has 24 heavy (non-hydrogen) atoms. The van der Waals surface area contributed by atoms with E-state index in [4.69, 9.17) is 11.1 Å². The van der Waals surface area contributed by atoms with Gasteiger partial charge in [-0.05, 0) is 44.9 Å². The van der Waals surface area contributed by atoms with Crippen LogP contribution in [0.1, 0.15) is 44.9 Å². The molecule has 0 unspecified atom stereocenters. The van der Waals surface area contributed by atoms with E-state index in [0.29, 0.717) is 11.9 Å². The van der Waals surface area contributed by atoms with Crippen LogP contribution in [0.3, 0.4) is 0 Å². The molecular weight excluding hydrogens is 415 g/mol. The molecule has 0 spiro atoms. The molecule has 0 aliphatic carbocycles. The normalized spacial score (nSPS) is 20.6. The van der Waals surface area contributed by atoms with Crippen molar-refractivity contribution in [2.24, 2.45) is 10.7 Å². The lowest BCUT2D eigenvalue weighted by Crippen LogP contribution is -3.00. The number of guanidine groups is 2. The second-order valence-corrected chi connectivity index (χ2v) is 7.47. The van der Waals surface area contributed by atoms with Crippen LogP contribution in [0.2, 0.25) is 0 Å². The summed E-state index contributed by atoms with van der Waals surface area (Å²) in [5, 5.41) is 8.01. The van der Waals surface area contributed by atoms with Crippen molar-refractivity contribution >= 4 is 11.9 Å². The molecule has 0 radical (unpaired) electrons. The van der Waals surface area contributed by atoms with Crippen molar-refractivity contribution in [1.82, 2.24) is 9.80 Å². The third kappa shape index (κ3) is 6.74. The van der Waals surface area contributed by atoms with Crippen LogP contribution in [0.4, 0.5) is 0 Å². The Bertz CT molecular complexity index is 413. The Balaban J connectivity index is 0.00000288. The van der Waals surface area contributed by atoms with Crippen molar-refractivity contribution in [2.45, 2.75) is 44.9 Å². The second kappa shape index (κ2) is 10.4. The van der Waals surface area contributed by atoms with E-state index in [1.807, 2.05) is 16.8 Å². The van der Waals surface area contributed by atoms with E-state index in [9.17, 15) is 0 Å². The third-order valence-electron chi connectivity index (χ3n) is 5.35. The molecule has 140 valence electrons. The van der Waals surface area contributed by atoms with Gasteiger partial charge in [-0.2, -0.15) is 4.99 Å². The van der Waals surface area contributed by atoms with Crippen molar-refractivity contribution in [3.63, 3.8) is 0 Å². The molecule has 0 bridgehead atoms. The van der Waals surface area contributed by atoms with Gasteiger partial charge in [0.25, 0.3) is 0 Å². The number of likely N-dealkylation sites (tertiary alicyclic amines) is 2. The van der Waals surface area contributed by atoms with Gasteiger partial charge in [-0.25, -0.2) is 0 Å². The van der Waals surface area contributed by atoms with E-state index >= 15 is 0 Å². The summed E-state index contributed by atoms with van der Waals surface area (Å²) in [6.07, 6.45) is 8.86. The zero-order valence-corrected chi connectivity index (χ0v) is 17.6. The van der Waals surface area contributed by atoms with Gasteiger partial charge in [-0.1, -0.05) is 0 Å². The molecule has 0 atom stereocenters. The largest absolute Gasteiger partial charge is 1.00 e. The maximum absolute atomic E-state index is 8.01. The van der Waals surface area contributed by atoms with E-state index in [1.54, 1.807) is 0 Å². The van der Waals surface area contributed by atoms with E-state index in [0.717, 1.165) is 38.9 Å². The van der Waals surface area contributed by atoms with Crippen molar-refractivity contribution in [1.29, 1.82) is 5.41 Å². The van der Waals surface area contributed by atoms with Crippen LogP contribution in [0.5, 0.6) is 0 Å². The van der Waals surface area contributed by atoms with Gasteiger partial charge in [0, 0.05) is 26.7 Å². The Kier molecular flexibility index (Phi) is 9.33. The number of nitrogens with zero attached hydrogens (tertiary/aromatic N) is 4. The standard InChI is InChI=1S/C17H35N6.HI/c1-21(16(18)20-17(19)22-11-4-5-12-22)10-6-9-15-23(2)13-7-3-8-14-23;/h3-15H2,1-2H3,(H3,18,19,20);1H/q+1;/p-1. The molecule has 2 rings (SSSR count). The Morgan fingerprint density at radius 1 is 1.12 bits per heavy atom. The van der Waals surface area contributed by atoms with Gasteiger partial charge in [-0.15, -0.1) is 0 Å². The molecule has 3 N–H and O–H groups in total. The maximum Gasteiger partial charge on any atom is 0.221 e. The maximum atomic E-state index is 8.01. The Labute approximate surface area is 164 Å². The summed E-state index contributed by atoms with van der Waals surface area (Å²) in [5.41, 5.74) is 6.04. The predicted molar refractivity (Wildman–Crippen MR) is 96.7 cm³/mol. The van der Waals surface area contributed by atoms with E-state index in [2.05, 4.69) is 12.0 Å². The number of aliphatic imine (C=N–C) groups is 1. The lowest BCUT2D eigenvalue weighted by Gasteiger charge is -2.38. The first kappa shape index (κ1) is 21.5. The molecule has 0 aromatic heterocycles. The number of piperidine rings is 1. The number of hydrogen-bond acceptors (Lipinski definition) is 1. The molecule has 2 aliphatic rings. The minimum atomic E-state index is 0. The van der Waals surface area contributed by atoms with Gasteiger partial charge in [-0.3, -0.25) is 5.41 Å². The van der Waals surface area contributed by atoms with E-state index in [-0.39, 0.29) is 24.0 Å². The molecule has 2 saturated heterocycles. The molecule has 6 nitrogen and oxygen atoms in total. The smallest absolute Gasteiger partial charge is 0.221 e. The molecule has 2 heterocycles. The van der Waals surface area contributed by atoms with Crippen molar-refractivity contribution < 1.29 is 28.5 Å². The zero-order chi connectivity index (χ0) is 16.7. The van der Waals surface area contributed by atoms with Crippen molar-refractivity contribution in [3.05, 3.63) is 0 Å². The number of nitrogens with two attached hydrogens (primary N) is 1. The van der Waals surface area contributed by atoms with Crippen LogP contribution < -0.4 is 29.7 Å². The molecule has 2 aliphatic heterocycles. The first-order valence-electron chi connectivity index (χ1n) is 9.22. The first-order chi connectivity index (χ1) is 11.0. The van der Waals surface area contributed by atoms with Gasteiger partial charge in [0.2, 0.25) is 5.96 Å². The third-order valence-corrected chi connectivity index (χ3v) is 5.35. The number of nitrogens with one attached hydrogen (secondary N) is 1. The minimum absolute atomic E-state index is 0. The van der Waals surface area contributed by atoms with Gasteiger partial charge in [0.1, 0.15) is 0 Å². The summed E-state index contributed by atoms with van der Waals surface area (Å²) in [6.45, 7) is 6.75. The summed E-state index contributed by atoms with van der Waals surface area (Å²) < 4.78 is 1.24. The molecule has 7 heteroatoms.